The summed E-state index contributed by atoms with van der Waals surface area (Å²) in [5.74, 6) is 5.64. The van der Waals surface area contributed by atoms with Crippen LogP contribution in [-0.4, -0.2) is 19.7 Å². The van der Waals surface area contributed by atoms with E-state index in [1.54, 1.807) is 12.4 Å². The Morgan fingerprint density at radius 2 is 2.18 bits per heavy atom. The maximum Gasteiger partial charge on any atom is 0.267 e. The zero-order chi connectivity index (χ0) is 12.3. The smallest absolute Gasteiger partial charge is 0.267 e. The average molecular weight is 232 g/mol. The van der Waals surface area contributed by atoms with Gasteiger partial charge < -0.3 is 5.43 Å². The molecule has 17 heavy (non-hydrogen) atoms. The van der Waals surface area contributed by atoms with Crippen LogP contribution in [0.1, 0.15) is 11.3 Å². The number of hydrogen-bond acceptors (Lipinski definition) is 6. The minimum absolute atomic E-state index is 0.159. The van der Waals surface area contributed by atoms with Crippen molar-refractivity contribution < 1.29 is 0 Å². The molecular weight excluding hydrogens is 220 g/mol. The Balaban J connectivity index is 2.22. The Kier molecular flexibility index (Phi) is 3.10. The molecule has 0 saturated carbocycles. The average Bonchev–Trinajstić information content (AvgIpc) is 2.34. The first-order chi connectivity index (χ1) is 8.19. The van der Waals surface area contributed by atoms with E-state index in [0.717, 1.165) is 5.56 Å². The van der Waals surface area contributed by atoms with Crippen molar-refractivity contribution in [2.75, 3.05) is 5.43 Å². The third-order valence-electron chi connectivity index (χ3n) is 2.17. The summed E-state index contributed by atoms with van der Waals surface area (Å²) in [6, 6.07) is 1.52. The molecule has 7 nitrogen and oxygen atoms in total. The normalized spacial score (nSPS) is 10.2. The van der Waals surface area contributed by atoms with Gasteiger partial charge in [-0.05, 0) is 12.5 Å². The van der Waals surface area contributed by atoms with Crippen LogP contribution in [0.4, 0.5) is 5.82 Å². The Bertz CT molecular complexity index is 562. The van der Waals surface area contributed by atoms with Crippen LogP contribution in [0.5, 0.6) is 0 Å². The number of nitrogen functional groups attached to an aromatic ring is 1. The molecule has 0 aromatic carbocycles. The lowest BCUT2D eigenvalue weighted by atomic mass is 10.3. The van der Waals surface area contributed by atoms with E-state index in [0.29, 0.717) is 11.5 Å². The lowest BCUT2D eigenvalue weighted by Crippen LogP contribution is -2.23. The summed E-state index contributed by atoms with van der Waals surface area (Å²) >= 11 is 0. The molecule has 2 aromatic rings. The number of aromatic nitrogens is 4. The number of nitrogens with zero attached hydrogens (tertiary/aromatic N) is 4. The molecule has 2 rings (SSSR count). The molecule has 2 aromatic heterocycles. The molecule has 88 valence electrons. The molecule has 0 atom stereocenters. The fourth-order valence-corrected chi connectivity index (χ4v) is 1.31. The molecule has 0 spiro atoms. The summed E-state index contributed by atoms with van der Waals surface area (Å²) in [5, 5.41) is 4.01. The summed E-state index contributed by atoms with van der Waals surface area (Å²) in [6.45, 7) is 2.11. The molecular formula is C10H12N6O. The van der Waals surface area contributed by atoms with Gasteiger partial charge in [-0.3, -0.25) is 9.78 Å². The van der Waals surface area contributed by atoms with E-state index in [1.165, 1.54) is 16.9 Å². The molecule has 0 fully saturated rings. The minimum atomic E-state index is -0.159. The number of hydrazine groups is 1. The molecule has 0 aliphatic carbocycles. The summed E-state index contributed by atoms with van der Waals surface area (Å²) in [7, 11) is 0. The molecule has 7 heteroatoms. The van der Waals surface area contributed by atoms with Crippen LogP contribution < -0.4 is 16.8 Å². The fourth-order valence-electron chi connectivity index (χ4n) is 1.31. The molecule has 0 bridgehead atoms. The van der Waals surface area contributed by atoms with Crippen molar-refractivity contribution >= 4 is 5.82 Å². The van der Waals surface area contributed by atoms with Crippen molar-refractivity contribution in [3.63, 3.8) is 0 Å². The molecule has 3 N–H and O–H groups in total. The highest BCUT2D eigenvalue weighted by Gasteiger charge is 2.01. The topological polar surface area (TPSA) is 98.7 Å². The molecule has 0 saturated heterocycles. The van der Waals surface area contributed by atoms with Crippen LogP contribution in [-0.2, 0) is 6.54 Å². The third kappa shape index (κ3) is 2.64. The van der Waals surface area contributed by atoms with Crippen molar-refractivity contribution in [2.24, 2.45) is 5.84 Å². The molecule has 0 amide bonds. The van der Waals surface area contributed by atoms with Crippen molar-refractivity contribution in [1.29, 1.82) is 0 Å². The van der Waals surface area contributed by atoms with Crippen LogP contribution in [0.3, 0.4) is 0 Å². The van der Waals surface area contributed by atoms with E-state index in [2.05, 4.69) is 20.5 Å². The summed E-state index contributed by atoms with van der Waals surface area (Å²) < 4.78 is 1.33. The zero-order valence-electron chi connectivity index (χ0n) is 9.29. The standard InChI is InChI=1S/C10H12N6O/c1-7-2-10(17)16(14-3-7)6-8-4-13-9(15-11)5-12-8/h2-5H,6,11H2,1H3,(H,13,15). The predicted molar refractivity (Wildman–Crippen MR) is 62.2 cm³/mol. The van der Waals surface area contributed by atoms with Gasteiger partial charge in [0.25, 0.3) is 5.56 Å². The molecule has 0 radical (unpaired) electrons. The van der Waals surface area contributed by atoms with Crippen molar-refractivity contribution in [3.8, 4) is 0 Å². The van der Waals surface area contributed by atoms with Crippen LogP contribution in [0.15, 0.2) is 29.5 Å². The maximum absolute atomic E-state index is 11.6. The lowest BCUT2D eigenvalue weighted by molar-refractivity contribution is 0.623. The first-order valence-corrected chi connectivity index (χ1v) is 5.00. The fraction of sp³-hybridized carbons (Fsp3) is 0.200. The number of aryl methyl sites for hydroxylation is 1. The van der Waals surface area contributed by atoms with Gasteiger partial charge in [0.2, 0.25) is 0 Å². The number of hydrogen-bond donors (Lipinski definition) is 2. The Hall–Kier alpha value is -2.28. The third-order valence-corrected chi connectivity index (χ3v) is 2.17. The van der Waals surface area contributed by atoms with Gasteiger partial charge in [-0.25, -0.2) is 15.5 Å². The zero-order valence-corrected chi connectivity index (χ0v) is 9.29. The molecule has 0 unspecified atom stereocenters. The highest BCUT2D eigenvalue weighted by atomic mass is 16.1. The van der Waals surface area contributed by atoms with Gasteiger partial charge in [-0.1, -0.05) is 0 Å². The Morgan fingerprint density at radius 3 is 2.76 bits per heavy atom. The number of nitrogens with one attached hydrogen (secondary N) is 1. The van der Waals surface area contributed by atoms with Gasteiger partial charge in [0.05, 0.1) is 30.8 Å². The number of rotatable bonds is 3. The second kappa shape index (κ2) is 4.71. The Labute approximate surface area is 97.3 Å². The molecule has 0 aliphatic rings. The number of nitrogens with two attached hydrogens (primary N) is 1. The van der Waals surface area contributed by atoms with Gasteiger partial charge >= 0.3 is 0 Å². The maximum atomic E-state index is 11.6. The summed E-state index contributed by atoms with van der Waals surface area (Å²) in [5.41, 5.74) is 3.69. The van der Waals surface area contributed by atoms with Gasteiger partial charge in [-0.2, -0.15) is 5.10 Å². The summed E-state index contributed by atoms with van der Waals surface area (Å²) in [4.78, 5) is 19.7. The quantitative estimate of drug-likeness (QED) is 0.555. The minimum Gasteiger partial charge on any atom is -0.307 e. The largest absolute Gasteiger partial charge is 0.307 e. The SMILES string of the molecule is Cc1cnn(Cc2cnc(NN)cn2)c(=O)c1. The van der Waals surface area contributed by atoms with Gasteiger partial charge in [-0.15, -0.1) is 0 Å². The first kappa shape index (κ1) is 11.2. The van der Waals surface area contributed by atoms with E-state index in [1.807, 2.05) is 6.92 Å². The van der Waals surface area contributed by atoms with Crippen LogP contribution >= 0.6 is 0 Å². The molecule has 0 aliphatic heterocycles. The second-order valence-corrected chi connectivity index (χ2v) is 3.57. The summed E-state index contributed by atoms with van der Waals surface area (Å²) in [6.07, 6.45) is 4.67. The second-order valence-electron chi connectivity index (χ2n) is 3.57. The van der Waals surface area contributed by atoms with Crippen LogP contribution in [0.2, 0.25) is 0 Å². The van der Waals surface area contributed by atoms with E-state index >= 15 is 0 Å². The van der Waals surface area contributed by atoms with Gasteiger partial charge in [0.1, 0.15) is 0 Å². The van der Waals surface area contributed by atoms with Gasteiger partial charge in [0, 0.05) is 6.07 Å². The Morgan fingerprint density at radius 1 is 1.35 bits per heavy atom. The van der Waals surface area contributed by atoms with E-state index in [9.17, 15) is 4.79 Å². The number of anilines is 1. The van der Waals surface area contributed by atoms with Crippen molar-refractivity contribution in [1.82, 2.24) is 19.7 Å². The molecule has 2 heterocycles. The lowest BCUT2D eigenvalue weighted by Gasteiger charge is -2.04. The van der Waals surface area contributed by atoms with Crippen molar-refractivity contribution in [3.05, 3.63) is 46.3 Å². The van der Waals surface area contributed by atoms with E-state index in [4.69, 9.17) is 5.84 Å². The first-order valence-electron chi connectivity index (χ1n) is 5.00. The van der Waals surface area contributed by atoms with Crippen LogP contribution in [0.25, 0.3) is 0 Å². The highest BCUT2D eigenvalue weighted by Crippen LogP contribution is 1.99. The van der Waals surface area contributed by atoms with Crippen molar-refractivity contribution in [2.45, 2.75) is 13.5 Å². The van der Waals surface area contributed by atoms with Crippen LogP contribution in [0, 0.1) is 6.92 Å². The predicted octanol–water partition coefficient (Wildman–Crippen LogP) is -0.324. The van der Waals surface area contributed by atoms with E-state index in [-0.39, 0.29) is 12.1 Å². The monoisotopic (exact) mass is 232 g/mol. The van der Waals surface area contributed by atoms with Gasteiger partial charge in [0.15, 0.2) is 5.82 Å². The van der Waals surface area contributed by atoms with E-state index < -0.39 is 0 Å². The highest BCUT2D eigenvalue weighted by molar-refractivity contribution is 5.28.